The van der Waals surface area contributed by atoms with Crippen LogP contribution in [0.25, 0.3) is 0 Å². The van der Waals surface area contributed by atoms with Gasteiger partial charge in [-0.2, -0.15) is 0 Å². The SMILES string of the molecule is CC(C)(C)OC(=O)N1CCC[C@@H](N(C(=O)OC(C)(C)C)c2ccc(N)nc2)C1. The van der Waals surface area contributed by atoms with Gasteiger partial charge in [0.2, 0.25) is 0 Å². The molecular formula is C20H32N4O4. The van der Waals surface area contributed by atoms with Crippen LogP contribution in [0.2, 0.25) is 0 Å². The zero-order chi connectivity index (χ0) is 21.1. The van der Waals surface area contributed by atoms with Crippen LogP contribution in [-0.4, -0.2) is 52.4 Å². The van der Waals surface area contributed by atoms with E-state index in [1.807, 2.05) is 41.5 Å². The summed E-state index contributed by atoms with van der Waals surface area (Å²) in [6.07, 6.45) is 2.19. The van der Waals surface area contributed by atoms with Gasteiger partial charge in [0.1, 0.15) is 17.0 Å². The molecule has 0 aromatic carbocycles. The fraction of sp³-hybridized carbons (Fsp3) is 0.650. The van der Waals surface area contributed by atoms with E-state index in [0.29, 0.717) is 24.6 Å². The van der Waals surface area contributed by atoms with Gasteiger partial charge >= 0.3 is 12.2 Å². The summed E-state index contributed by atoms with van der Waals surface area (Å²) in [5, 5.41) is 0. The highest BCUT2D eigenvalue weighted by molar-refractivity contribution is 5.88. The third-order valence-corrected chi connectivity index (χ3v) is 4.05. The lowest BCUT2D eigenvalue weighted by atomic mass is 10.0. The molecule has 8 heteroatoms. The Labute approximate surface area is 167 Å². The number of anilines is 2. The number of rotatable bonds is 2. The summed E-state index contributed by atoms with van der Waals surface area (Å²) in [6, 6.07) is 3.13. The van der Waals surface area contributed by atoms with E-state index in [1.54, 1.807) is 28.1 Å². The van der Waals surface area contributed by atoms with E-state index >= 15 is 0 Å². The van der Waals surface area contributed by atoms with Gasteiger partial charge in [-0.1, -0.05) is 0 Å². The molecule has 0 saturated carbocycles. The van der Waals surface area contributed by atoms with Crippen LogP contribution < -0.4 is 10.6 Å². The van der Waals surface area contributed by atoms with E-state index in [9.17, 15) is 9.59 Å². The summed E-state index contributed by atoms with van der Waals surface area (Å²) in [5.41, 5.74) is 5.05. The Morgan fingerprint density at radius 3 is 2.32 bits per heavy atom. The van der Waals surface area contributed by atoms with Gasteiger partial charge in [-0.3, -0.25) is 4.90 Å². The van der Waals surface area contributed by atoms with Crippen molar-refractivity contribution in [2.45, 2.75) is 71.6 Å². The average Bonchev–Trinajstić information content (AvgIpc) is 2.54. The van der Waals surface area contributed by atoms with E-state index in [2.05, 4.69) is 4.98 Å². The Kier molecular flexibility index (Phi) is 6.41. The normalized spacial score (nSPS) is 17.8. The predicted octanol–water partition coefficient (Wildman–Crippen LogP) is 3.80. The van der Waals surface area contributed by atoms with E-state index in [0.717, 1.165) is 12.8 Å². The number of carbonyl (C=O) groups excluding carboxylic acids is 2. The summed E-state index contributed by atoms with van der Waals surface area (Å²) in [5.74, 6) is 0.368. The molecule has 1 atom stereocenters. The monoisotopic (exact) mass is 392 g/mol. The van der Waals surface area contributed by atoms with Crippen molar-refractivity contribution in [2.24, 2.45) is 0 Å². The molecule has 156 valence electrons. The third-order valence-electron chi connectivity index (χ3n) is 4.05. The molecule has 0 unspecified atom stereocenters. The molecule has 2 N–H and O–H groups in total. The van der Waals surface area contributed by atoms with Crippen molar-refractivity contribution in [1.29, 1.82) is 0 Å². The molecule has 8 nitrogen and oxygen atoms in total. The number of carbonyl (C=O) groups is 2. The summed E-state index contributed by atoms with van der Waals surface area (Å²) in [7, 11) is 0. The molecule has 1 fully saturated rings. The van der Waals surface area contributed by atoms with Gasteiger partial charge in [-0.25, -0.2) is 14.6 Å². The standard InChI is InChI=1S/C20H32N4O4/c1-19(2,3)27-17(25)23-11-7-8-15(13-23)24(18(26)28-20(4,5)6)14-9-10-16(21)22-12-14/h9-10,12,15H,7-8,11,13H2,1-6H3,(H2,21,22)/t15-/m1/s1. The lowest BCUT2D eigenvalue weighted by molar-refractivity contribution is 0.0182. The molecule has 2 heterocycles. The number of nitrogens with zero attached hydrogens (tertiary/aromatic N) is 3. The number of aromatic nitrogens is 1. The maximum absolute atomic E-state index is 13.0. The molecule has 1 saturated heterocycles. The van der Waals surface area contributed by atoms with E-state index in [1.165, 1.54) is 0 Å². The number of nitrogens with two attached hydrogens (primary N) is 1. The Hall–Kier alpha value is -2.51. The second-order valence-electron chi connectivity index (χ2n) is 9.01. The molecule has 2 rings (SSSR count). The maximum Gasteiger partial charge on any atom is 0.415 e. The van der Waals surface area contributed by atoms with Gasteiger partial charge in [0.15, 0.2) is 0 Å². The zero-order valence-corrected chi connectivity index (χ0v) is 17.7. The molecule has 1 aromatic heterocycles. The molecule has 0 aliphatic carbocycles. The first-order chi connectivity index (χ1) is 12.9. The molecule has 1 aliphatic rings. The number of hydrogen-bond donors (Lipinski definition) is 1. The van der Waals surface area contributed by atoms with Crippen molar-refractivity contribution < 1.29 is 19.1 Å². The Bertz CT molecular complexity index is 692. The van der Waals surface area contributed by atoms with Crippen LogP contribution >= 0.6 is 0 Å². The van der Waals surface area contributed by atoms with Gasteiger partial charge in [0.25, 0.3) is 0 Å². The first-order valence-corrected chi connectivity index (χ1v) is 9.57. The first kappa shape index (κ1) is 21.8. The van der Waals surface area contributed by atoms with Gasteiger partial charge in [0.05, 0.1) is 17.9 Å². The number of likely N-dealkylation sites (tertiary alicyclic amines) is 1. The fourth-order valence-electron chi connectivity index (χ4n) is 2.97. The highest BCUT2D eigenvalue weighted by Gasteiger charge is 2.35. The molecule has 28 heavy (non-hydrogen) atoms. The van der Waals surface area contributed by atoms with Gasteiger partial charge in [-0.15, -0.1) is 0 Å². The minimum atomic E-state index is -0.643. The predicted molar refractivity (Wildman–Crippen MR) is 108 cm³/mol. The highest BCUT2D eigenvalue weighted by atomic mass is 16.6. The van der Waals surface area contributed by atoms with Gasteiger partial charge in [-0.05, 0) is 66.5 Å². The number of piperidine rings is 1. The summed E-state index contributed by atoms with van der Waals surface area (Å²) < 4.78 is 11.1. The quantitative estimate of drug-likeness (QED) is 0.822. The van der Waals surface area contributed by atoms with E-state index < -0.39 is 17.3 Å². The second-order valence-corrected chi connectivity index (χ2v) is 9.01. The topological polar surface area (TPSA) is 98.0 Å². The molecule has 1 aromatic rings. The van der Waals surface area contributed by atoms with E-state index in [-0.39, 0.29) is 12.1 Å². The molecule has 2 amide bonds. The van der Waals surface area contributed by atoms with Crippen molar-refractivity contribution >= 4 is 23.7 Å². The van der Waals surface area contributed by atoms with Crippen LogP contribution in [0.15, 0.2) is 18.3 Å². The molecule has 0 spiro atoms. The lowest BCUT2D eigenvalue weighted by Crippen LogP contribution is -2.53. The number of hydrogen-bond acceptors (Lipinski definition) is 6. The summed E-state index contributed by atoms with van der Waals surface area (Å²) >= 11 is 0. The van der Waals surface area contributed by atoms with Gasteiger partial charge in [0, 0.05) is 13.1 Å². The van der Waals surface area contributed by atoms with Crippen molar-refractivity contribution in [2.75, 3.05) is 23.7 Å². The maximum atomic E-state index is 13.0. The largest absolute Gasteiger partial charge is 0.444 e. The van der Waals surface area contributed by atoms with Crippen LogP contribution in [0.5, 0.6) is 0 Å². The Balaban J connectivity index is 2.25. The second kappa shape index (κ2) is 8.24. The van der Waals surface area contributed by atoms with Crippen LogP contribution in [0, 0.1) is 0 Å². The Morgan fingerprint density at radius 1 is 1.14 bits per heavy atom. The average molecular weight is 393 g/mol. The fourth-order valence-corrected chi connectivity index (χ4v) is 2.97. The number of amides is 2. The van der Waals surface area contributed by atoms with E-state index in [4.69, 9.17) is 15.2 Å². The minimum absolute atomic E-state index is 0.249. The number of ether oxygens (including phenoxy) is 2. The van der Waals surface area contributed by atoms with Gasteiger partial charge < -0.3 is 20.1 Å². The number of pyridine rings is 1. The van der Waals surface area contributed by atoms with Crippen molar-refractivity contribution in [3.63, 3.8) is 0 Å². The molecule has 0 bridgehead atoms. The van der Waals surface area contributed by atoms with Crippen LogP contribution in [0.3, 0.4) is 0 Å². The third kappa shape index (κ3) is 6.28. The van der Waals surface area contributed by atoms with Crippen molar-refractivity contribution in [3.05, 3.63) is 18.3 Å². The van der Waals surface area contributed by atoms with Crippen LogP contribution in [0.4, 0.5) is 21.1 Å². The number of nitrogen functional groups attached to an aromatic ring is 1. The minimum Gasteiger partial charge on any atom is -0.444 e. The van der Waals surface area contributed by atoms with Crippen LogP contribution in [0.1, 0.15) is 54.4 Å². The molecular weight excluding hydrogens is 360 g/mol. The first-order valence-electron chi connectivity index (χ1n) is 9.57. The zero-order valence-electron chi connectivity index (χ0n) is 17.7. The van der Waals surface area contributed by atoms with Crippen molar-refractivity contribution in [3.8, 4) is 0 Å². The summed E-state index contributed by atoms with van der Waals surface area (Å²) in [4.78, 5) is 32.8. The molecule has 1 aliphatic heterocycles. The van der Waals surface area contributed by atoms with Crippen molar-refractivity contribution in [1.82, 2.24) is 9.88 Å². The smallest absolute Gasteiger partial charge is 0.415 e. The summed E-state index contributed by atoms with van der Waals surface area (Å²) in [6.45, 7) is 11.9. The molecule has 0 radical (unpaired) electrons. The van der Waals surface area contributed by atoms with Crippen LogP contribution in [-0.2, 0) is 9.47 Å². The highest BCUT2D eigenvalue weighted by Crippen LogP contribution is 2.26. The Morgan fingerprint density at radius 2 is 1.79 bits per heavy atom. The lowest BCUT2D eigenvalue weighted by Gasteiger charge is -2.39.